The van der Waals surface area contributed by atoms with Gasteiger partial charge in [0.1, 0.15) is 11.4 Å². The molecule has 0 spiro atoms. The van der Waals surface area contributed by atoms with Crippen LogP contribution < -0.4 is 4.74 Å². The third-order valence-electron chi connectivity index (χ3n) is 2.56. The van der Waals surface area contributed by atoms with Crippen molar-refractivity contribution in [2.75, 3.05) is 13.7 Å². The minimum absolute atomic E-state index is 0.262. The summed E-state index contributed by atoms with van der Waals surface area (Å²) in [6, 6.07) is 9.88. The van der Waals surface area contributed by atoms with Gasteiger partial charge < -0.3 is 14.5 Å². The minimum atomic E-state index is -0.549. The molecule has 2 aromatic rings. The highest BCUT2D eigenvalue weighted by Gasteiger charge is 2.12. The van der Waals surface area contributed by atoms with E-state index in [1.165, 1.54) is 0 Å². The summed E-state index contributed by atoms with van der Waals surface area (Å²) in [7, 11) is 1.55. The van der Waals surface area contributed by atoms with Crippen molar-refractivity contribution in [1.29, 1.82) is 0 Å². The maximum Gasteiger partial charge on any atom is 0.355 e. The van der Waals surface area contributed by atoms with Crippen LogP contribution in [0.3, 0.4) is 0 Å². The molecule has 0 aliphatic heterocycles. The molecule has 0 amide bonds. The molecule has 0 radical (unpaired) electrons. The van der Waals surface area contributed by atoms with Crippen LogP contribution in [0.1, 0.15) is 20.8 Å². The maximum absolute atomic E-state index is 11.8. The van der Waals surface area contributed by atoms with Crippen molar-refractivity contribution >= 4 is 11.8 Å². The molecule has 0 saturated heterocycles. The maximum atomic E-state index is 11.8. The van der Waals surface area contributed by atoms with Crippen molar-refractivity contribution in [2.24, 2.45) is 0 Å². The zero-order valence-electron chi connectivity index (χ0n) is 10.4. The monoisotopic (exact) mass is 259 g/mol. The third kappa shape index (κ3) is 3.22. The number of nitrogens with one attached hydrogen (secondary N) is 1. The first-order valence-corrected chi connectivity index (χ1v) is 5.68. The van der Waals surface area contributed by atoms with Gasteiger partial charge in [-0.15, -0.1) is 0 Å². The number of aromatic nitrogens is 1. The largest absolute Gasteiger partial charge is 0.497 e. The summed E-state index contributed by atoms with van der Waals surface area (Å²) in [5.74, 6) is -0.144. The Hall–Kier alpha value is -2.56. The second kappa shape index (κ2) is 5.86. The lowest BCUT2D eigenvalue weighted by atomic mass is 10.1. The molecule has 1 N–H and O–H groups in total. The van der Waals surface area contributed by atoms with Gasteiger partial charge >= 0.3 is 5.97 Å². The summed E-state index contributed by atoms with van der Waals surface area (Å²) >= 11 is 0. The van der Waals surface area contributed by atoms with Crippen molar-refractivity contribution in [3.8, 4) is 5.75 Å². The Morgan fingerprint density at radius 1 is 1.16 bits per heavy atom. The first kappa shape index (κ1) is 12.9. The van der Waals surface area contributed by atoms with E-state index in [4.69, 9.17) is 9.47 Å². The molecule has 0 aliphatic carbocycles. The first-order chi connectivity index (χ1) is 9.20. The number of carbonyl (C=O) groups excluding carboxylic acids is 2. The van der Waals surface area contributed by atoms with Crippen LogP contribution in [0.4, 0.5) is 0 Å². The second-order valence-electron chi connectivity index (χ2n) is 3.81. The van der Waals surface area contributed by atoms with E-state index in [1.54, 1.807) is 49.7 Å². The summed E-state index contributed by atoms with van der Waals surface area (Å²) in [4.78, 5) is 26.0. The Bertz CT molecular complexity index is 558. The molecular weight excluding hydrogens is 246 g/mol. The van der Waals surface area contributed by atoms with Gasteiger partial charge in [-0.25, -0.2) is 4.79 Å². The molecule has 0 bridgehead atoms. The summed E-state index contributed by atoms with van der Waals surface area (Å²) < 4.78 is 9.90. The summed E-state index contributed by atoms with van der Waals surface area (Å²) in [6.07, 6.45) is 1.61. The van der Waals surface area contributed by atoms with Gasteiger partial charge in [-0.2, -0.15) is 0 Å². The van der Waals surface area contributed by atoms with E-state index in [9.17, 15) is 9.59 Å². The van der Waals surface area contributed by atoms with Gasteiger partial charge in [-0.05, 0) is 36.4 Å². The molecule has 2 rings (SSSR count). The van der Waals surface area contributed by atoms with Crippen LogP contribution in [0.5, 0.6) is 5.75 Å². The molecule has 0 aliphatic rings. The number of rotatable bonds is 5. The van der Waals surface area contributed by atoms with Gasteiger partial charge in [0.05, 0.1) is 7.11 Å². The van der Waals surface area contributed by atoms with Gasteiger partial charge in [-0.1, -0.05) is 0 Å². The predicted molar refractivity (Wildman–Crippen MR) is 68.4 cm³/mol. The highest BCUT2D eigenvalue weighted by molar-refractivity contribution is 5.99. The van der Waals surface area contributed by atoms with Gasteiger partial charge in [0.15, 0.2) is 12.4 Å². The van der Waals surface area contributed by atoms with Crippen LogP contribution in [-0.2, 0) is 4.74 Å². The van der Waals surface area contributed by atoms with E-state index in [1.807, 2.05) is 0 Å². The van der Waals surface area contributed by atoms with Gasteiger partial charge in [0.2, 0.25) is 0 Å². The number of esters is 1. The number of ketones is 1. The first-order valence-electron chi connectivity index (χ1n) is 5.68. The number of Topliss-reactive ketones (excluding diaryl/α,β-unsaturated/α-hetero) is 1. The lowest BCUT2D eigenvalue weighted by molar-refractivity contribution is 0.0469. The average molecular weight is 259 g/mol. The van der Waals surface area contributed by atoms with E-state index in [-0.39, 0.29) is 12.4 Å². The molecular formula is C14H13NO4. The number of methoxy groups -OCH3 is 1. The van der Waals surface area contributed by atoms with Crippen LogP contribution in [0.15, 0.2) is 42.6 Å². The van der Waals surface area contributed by atoms with E-state index >= 15 is 0 Å². The highest BCUT2D eigenvalue weighted by Crippen LogP contribution is 2.12. The summed E-state index contributed by atoms with van der Waals surface area (Å²) in [5, 5.41) is 0. The Labute approximate surface area is 110 Å². The Balaban J connectivity index is 1.92. The standard InChI is InChI=1S/C14H13NO4/c1-18-11-6-4-10(5-7-11)13(16)9-19-14(17)12-3-2-8-15-12/h2-8,15H,9H2,1H3. The quantitative estimate of drug-likeness (QED) is 0.659. The average Bonchev–Trinajstić information content (AvgIpc) is 2.98. The molecule has 0 unspecified atom stereocenters. The lowest BCUT2D eigenvalue weighted by Gasteiger charge is -2.04. The SMILES string of the molecule is COc1ccc(C(=O)COC(=O)c2ccc[nH]2)cc1. The summed E-state index contributed by atoms with van der Waals surface area (Å²) in [6.45, 7) is -0.288. The van der Waals surface area contributed by atoms with E-state index < -0.39 is 5.97 Å². The number of hydrogen-bond donors (Lipinski definition) is 1. The fraction of sp³-hybridized carbons (Fsp3) is 0.143. The molecule has 5 nitrogen and oxygen atoms in total. The number of benzene rings is 1. The molecule has 0 atom stereocenters. The smallest absolute Gasteiger partial charge is 0.355 e. The summed E-state index contributed by atoms with van der Waals surface area (Å²) in [5.41, 5.74) is 0.794. The number of hydrogen-bond acceptors (Lipinski definition) is 4. The molecule has 1 aromatic carbocycles. The van der Waals surface area contributed by atoms with Crippen molar-refractivity contribution in [2.45, 2.75) is 0 Å². The van der Waals surface area contributed by atoms with Gasteiger partial charge in [-0.3, -0.25) is 4.79 Å². The molecule has 5 heteroatoms. The number of ether oxygens (including phenoxy) is 2. The minimum Gasteiger partial charge on any atom is -0.497 e. The molecule has 0 fully saturated rings. The fourth-order valence-corrected chi connectivity index (χ4v) is 1.53. The zero-order chi connectivity index (χ0) is 13.7. The van der Waals surface area contributed by atoms with Crippen molar-refractivity contribution < 1.29 is 19.1 Å². The Morgan fingerprint density at radius 3 is 2.47 bits per heavy atom. The predicted octanol–water partition coefficient (Wildman–Crippen LogP) is 2.06. The fourth-order valence-electron chi connectivity index (χ4n) is 1.53. The van der Waals surface area contributed by atoms with Crippen LogP contribution >= 0.6 is 0 Å². The van der Waals surface area contributed by atoms with Crippen LogP contribution in [0.2, 0.25) is 0 Å². The zero-order valence-corrected chi connectivity index (χ0v) is 10.4. The molecule has 1 aromatic heterocycles. The Morgan fingerprint density at radius 2 is 1.89 bits per heavy atom. The van der Waals surface area contributed by atoms with Crippen molar-refractivity contribution in [3.63, 3.8) is 0 Å². The topological polar surface area (TPSA) is 68.4 Å². The lowest BCUT2D eigenvalue weighted by Crippen LogP contribution is -2.14. The highest BCUT2D eigenvalue weighted by atomic mass is 16.5. The van der Waals surface area contributed by atoms with E-state index in [0.29, 0.717) is 17.0 Å². The van der Waals surface area contributed by atoms with Gasteiger partial charge in [0.25, 0.3) is 0 Å². The number of H-pyrrole nitrogens is 1. The Kier molecular flexibility index (Phi) is 3.97. The third-order valence-corrected chi connectivity index (χ3v) is 2.56. The van der Waals surface area contributed by atoms with Crippen molar-refractivity contribution in [1.82, 2.24) is 4.98 Å². The van der Waals surface area contributed by atoms with Gasteiger partial charge in [0, 0.05) is 11.8 Å². The number of aromatic amines is 1. The van der Waals surface area contributed by atoms with E-state index in [2.05, 4.69) is 4.98 Å². The molecule has 0 saturated carbocycles. The molecule has 1 heterocycles. The van der Waals surface area contributed by atoms with E-state index in [0.717, 1.165) is 0 Å². The van der Waals surface area contributed by atoms with Crippen LogP contribution in [0.25, 0.3) is 0 Å². The van der Waals surface area contributed by atoms with Crippen molar-refractivity contribution in [3.05, 3.63) is 53.9 Å². The number of carbonyl (C=O) groups is 2. The van der Waals surface area contributed by atoms with Crippen LogP contribution in [-0.4, -0.2) is 30.5 Å². The molecule has 98 valence electrons. The second-order valence-corrected chi connectivity index (χ2v) is 3.81. The molecule has 19 heavy (non-hydrogen) atoms. The van der Waals surface area contributed by atoms with Crippen LogP contribution in [0, 0.1) is 0 Å². The normalized spacial score (nSPS) is 9.95.